The quantitative estimate of drug-likeness (QED) is 0.834. The summed E-state index contributed by atoms with van der Waals surface area (Å²) in [6.45, 7) is 5.82. The third kappa shape index (κ3) is 5.99. The Morgan fingerprint density at radius 1 is 1.08 bits per heavy atom. The van der Waals surface area contributed by atoms with Gasteiger partial charge >= 0.3 is 0 Å². The van der Waals surface area contributed by atoms with Crippen LogP contribution in [0.5, 0.6) is 0 Å². The molecule has 0 bridgehead atoms. The van der Waals surface area contributed by atoms with Gasteiger partial charge in [0.25, 0.3) is 5.91 Å². The van der Waals surface area contributed by atoms with Gasteiger partial charge in [0.15, 0.2) is 0 Å². The minimum atomic E-state index is -0.310. The molecule has 0 heterocycles. The SMILES string of the molecule is CC(C)(C)NC(=O)c1ccccc1NC(=O)CCC1CCCCC1. The summed E-state index contributed by atoms with van der Waals surface area (Å²) in [6, 6.07) is 7.19. The molecule has 2 N–H and O–H groups in total. The molecule has 0 spiro atoms. The molecular formula is C20H30N2O2. The van der Waals surface area contributed by atoms with E-state index < -0.39 is 0 Å². The Balaban J connectivity index is 1.93. The number of carbonyl (C=O) groups is 2. The van der Waals surface area contributed by atoms with Gasteiger partial charge in [0, 0.05) is 12.0 Å². The molecule has 4 heteroatoms. The summed E-state index contributed by atoms with van der Waals surface area (Å²) in [7, 11) is 0. The van der Waals surface area contributed by atoms with E-state index in [2.05, 4.69) is 10.6 Å². The first-order valence-corrected chi connectivity index (χ1v) is 9.06. The Morgan fingerprint density at radius 2 is 1.75 bits per heavy atom. The summed E-state index contributed by atoms with van der Waals surface area (Å²) in [4.78, 5) is 24.7. The monoisotopic (exact) mass is 330 g/mol. The predicted octanol–water partition coefficient (Wildman–Crippen LogP) is 4.51. The van der Waals surface area contributed by atoms with Gasteiger partial charge < -0.3 is 10.6 Å². The maximum Gasteiger partial charge on any atom is 0.253 e. The molecule has 24 heavy (non-hydrogen) atoms. The standard InChI is InChI=1S/C20H30N2O2/c1-20(2,3)22-19(24)16-11-7-8-12-17(16)21-18(23)14-13-15-9-5-4-6-10-15/h7-8,11-12,15H,4-6,9-10,13-14H2,1-3H3,(H,21,23)(H,22,24). The lowest BCUT2D eigenvalue weighted by Gasteiger charge is -2.22. The van der Waals surface area contributed by atoms with E-state index in [1.54, 1.807) is 12.1 Å². The lowest BCUT2D eigenvalue weighted by atomic mass is 9.86. The zero-order valence-electron chi connectivity index (χ0n) is 15.2. The van der Waals surface area contributed by atoms with Gasteiger partial charge in [-0.25, -0.2) is 0 Å². The molecule has 0 atom stereocenters. The second-order valence-corrected chi connectivity index (χ2v) is 7.84. The van der Waals surface area contributed by atoms with Crippen molar-refractivity contribution in [3.63, 3.8) is 0 Å². The predicted molar refractivity (Wildman–Crippen MR) is 98.1 cm³/mol. The number of hydrogen-bond acceptors (Lipinski definition) is 2. The van der Waals surface area contributed by atoms with E-state index in [1.807, 2.05) is 32.9 Å². The van der Waals surface area contributed by atoms with Crippen LogP contribution >= 0.6 is 0 Å². The second-order valence-electron chi connectivity index (χ2n) is 7.84. The van der Waals surface area contributed by atoms with Crippen molar-refractivity contribution < 1.29 is 9.59 Å². The Hall–Kier alpha value is -1.84. The Morgan fingerprint density at radius 3 is 2.42 bits per heavy atom. The first-order valence-electron chi connectivity index (χ1n) is 9.06. The molecule has 0 unspecified atom stereocenters. The zero-order valence-corrected chi connectivity index (χ0v) is 15.2. The third-order valence-electron chi connectivity index (χ3n) is 4.44. The summed E-state index contributed by atoms with van der Waals surface area (Å²) in [5.41, 5.74) is 0.793. The highest BCUT2D eigenvalue weighted by molar-refractivity contribution is 6.03. The van der Waals surface area contributed by atoms with Crippen LogP contribution in [0.4, 0.5) is 5.69 Å². The molecule has 2 rings (SSSR count). The van der Waals surface area contributed by atoms with E-state index in [0.29, 0.717) is 23.6 Å². The molecule has 1 fully saturated rings. The van der Waals surface area contributed by atoms with Crippen molar-refractivity contribution in [3.8, 4) is 0 Å². The Bertz CT molecular complexity index is 569. The fourth-order valence-electron chi connectivity index (χ4n) is 3.22. The third-order valence-corrected chi connectivity index (χ3v) is 4.44. The van der Waals surface area contributed by atoms with Gasteiger partial charge in [0.2, 0.25) is 5.91 Å². The van der Waals surface area contributed by atoms with Crippen LogP contribution in [0, 0.1) is 5.92 Å². The van der Waals surface area contributed by atoms with Crippen LogP contribution in [0.3, 0.4) is 0 Å². The van der Waals surface area contributed by atoms with E-state index in [0.717, 1.165) is 6.42 Å². The van der Waals surface area contributed by atoms with Crippen LogP contribution in [-0.2, 0) is 4.79 Å². The maximum atomic E-state index is 12.4. The van der Waals surface area contributed by atoms with Crippen molar-refractivity contribution in [2.75, 3.05) is 5.32 Å². The number of carbonyl (C=O) groups excluding carboxylic acids is 2. The molecule has 1 aromatic rings. The van der Waals surface area contributed by atoms with Crippen molar-refractivity contribution in [1.82, 2.24) is 5.32 Å². The molecule has 0 radical (unpaired) electrons. The summed E-state index contributed by atoms with van der Waals surface area (Å²) >= 11 is 0. The fraction of sp³-hybridized carbons (Fsp3) is 0.600. The fourth-order valence-corrected chi connectivity index (χ4v) is 3.22. The van der Waals surface area contributed by atoms with E-state index in [1.165, 1.54) is 32.1 Å². The molecule has 0 saturated heterocycles. The van der Waals surface area contributed by atoms with Crippen molar-refractivity contribution >= 4 is 17.5 Å². The average Bonchev–Trinajstić information content (AvgIpc) is 2.53. The average molecular weight is 330 g/mol. The maximum absolute atomic E-state index is 12.4. The molecule has 1 aliphatic carbocycles. The van der Waals surface area contributed by atoms with Crippen molar-refractivity contribution in [1.29, 1.82) is 0 Å². The summed E-state index contributed by atoms with van der Waals surface area (Å²) in [5, 5.41) is 5.86. The molecule has 2 amide bonds. The van der Waals surface area contributed by atoms with Gasteiger partial charge in [-0.05, 0) is 45.2 Å². The van der Waals surface area contributed by atoms with Gasteiger partial charge in [0.1, 0.15) is 0 Å². The second kappa shape index (κ2) is 8.32. The zero-order chi connectivity index (χ0) is 17.6. The van der Waals surface area contributed by atoms with Crippen molar-refractivity contribution in [2.24, 2.45) is 5.92 Å². The molecule has 0 aromatic heterocycles. The van der Waals surface area contributed by atoms with Crippen LogP contribution in [0.1, 0.15) is 76.1 Å². The molecule has 4 nitrogen and oxygen atoms in total. The van der Waals surface area contributed by atoms with Crippen LogP contribution in [0.2, 0.25) is 0 Å². The van der Waals surface area contributed by atoms with E-state index in [-0.39, 0.29) is 17.4 Å². The normalized spacial score (nSPS) is 15.8. The lowest BCUT2D eigenvalue weighted by molar-refractivity contribution is -0.116. The number of para-hydroxylation sites is 1. The number of rotatable bonds is 5. The first-order chi connectivity index (χ1) is 11.3. The van der Waals surface area contributed by atoms with Crippen LogP contribution < -0.4 is 10.6 Å². The number of hydrogen-bond donors (Lipinski definition) is 2. The molecule has 132 valence electrons. The van der Waals surface area contributed by atoms with Crippen molar-refractivity contribution in [3.05, 3.63) is 29.8 Å². The van der Waals surface area contributed by atoms with Gasteiger partial charge in [-0.15, -0.1) is 0 Å². The highest BCUT2D eigenvalue weighted by atomic mass is 16.2. The van der Waals surface area contributed by atoms with Crippen molar-refractivity contribution in [2.45, 2.75) is 71.3 Å². The van der Waals surface area contributed by atoms with Gasteiger partial charge in [-0.3, -0.25) is 9.59 Å². The number of nitrogens with one attached hydrogen (secondary N) is 2. The highest BCUT2D eigenvalue weighted by Crippen LogP contribution is 2.27. The summed E-state index contributed by atoms with van der Waals surface area (Å²) in [6.07, 6.45) is 7.89. The van der Waals surface area contributed by atoms with E-state index >= 15 is 0 Å². The van der Waals surface area contributed by atoms with Gasteiger partial charge in [-0.1, -0.05) is 44.2 Å². The van der Waals surface area contributed by atoms with Crippen LogP contribution in [-0.4, -0.2) is 17.4 Å². The van der Waals surface area contributed by atoms with Gasteiger partial charge in [-0.2, -0.15) is 0 Å². The van der Waals surface area contributed by atoms with Crippen LogP contribution in [0.25, 0.3) is 0 Å². The Labute approximate surface area is 145 Å². The minimum Gasteiger partial charge on any atom is -0.347 e. The highest BCUT2D eigenvalue weighted by Gasteiger charge is 2.19. The molecule has 0 aliphatic heterocycles. The first kappa shape index (κ1) is 18.5. The van der Waals surface area contributed by atoms with Crippen LogP contribution in [0.15, 0.2) is 24.3 Å². The van der Waals surface area contributed by atoms with Gasteiger partial charge in [0.05, 0.1) is 11.3 Å². The molecule has 1 aliphatic rings. The Kier molecular flexibility index (Phi) is 6.41. The largest absolute Gasteiger partial charge is 0.347 e. The lowest BCUT2D eigenvalue weighted by Crippen LogP contribution is -2.40. The topological polar surface area (TPSA) is 58.2 Å². The summed E-state index contributed by atoms with van der Waals surface area (Å²) in [5.74, 6) is 0.520. The minimum absolute atomic E-state index is 0.00316. The summed E-state index contributed by atoms with van der Waals surface area (Å²) < 4.78 is 0. The number of benzene rings is 1. The van der Waals surface area contributed by atoms with E-state index in [4.69, 9.17) is 0 Å². The molecular weight excluding hydrogens is 300 g/mol. The number of amides is 2. The smallest absolute Gasteiger partial charge is 0.253 e. The number of anilines is 1. The van der Waals surface area contributed by atoms with E-state index in [9.17, 15) is 9.59 Å². The molecule has 1 aromatic carbocycles. The molecule has 1 saturated carbocycles.